The van der Waals surface area contributed by atoms with Gasteiger partial charge in [0.2, 0.25) is 0 Å². The Balaban J connectivity index is 3.21. The van der Waals surface area contributed by atoms with E-state index in [9.17, 15) is 9.90 Å². The van der Waals surface area contributed by atoms with Crippen LogP contribution in [0.4, 0.5) is 0 Å². The summed E-state index contributed by atoms with van der Waals surface area (Å²) in [4.78, 5) is 13.9. The molecule has 0 aromatic heterocycles. The van der Waals surface area contributed by atoms with Gasteiger partial charge in [0.25, 0.3) is 0 Å². The molecule has 0 saturated carbocycles. The average Bonchev–Trinajstić information content (AvgIpc) is 2.96. The maximum absolute atomic E-state index is 13.9. The van der Waals surface area contributed by atoms with Crippen molar-refractivity contribution in [1.29, 1.82) is 0 Å². The Labute approximate surface area is 268 Å². The van der Waals surface area contributed by atoms with Crippen LogP contribution >= 0.6 is 0 Å². The second kappa shape index (κ2) is 18.5. The fourth-order valence-corrected chi connectivity index (χ4v) is 6.72. The molecule has 0 heterocycles. The Morgan fingerprint density at radius 2 is 1.52 bits per heavy atom. The van der Waals surface area contributed by atoms with Crippen molar-refractivity contribution in [1.82, 2.24) is 0 Å². The van der Waals surface area contributed by atoms with E-state index in [1.807, 2.05) is 45.0 Å². The van der Waals surface area contributed by atoms with Crippen LogP contribution in [-0.4, -0.2) is 77.8 Å². The molecule has 0 aliphatic carbocycles. The predicted molar refractivity (Wildman–Crippen MR) is 179 cm³/mol. The molecule has 0 spiro atoms. The van der Waals surface area contributed by atoms with Crippen LogP contribution in [0.3, 0.4) is 0 Å². The predicted octanol–water partition coefficient (Wildman–Crippen LogP) is 7.05. The van der Waals surface area contributed by atoms with Crippen molar-refractivity contribution >= 4 is 14.1 Å². The Morgan fingerprint density at radius 3 is 1.98 bits per heavy atom. The first kappa shape index (κ1) is 40.4. The number of rotatable bonds is 21. The van der Waals surface area contributed by atoms with Gasteiger partial charge in [-0.2, -0.15) is 0 Å². The SMILES string of the molecule is C=C[C@H](OC)[C@H](OCOC)[C@@H](C)[C@@H](O[Si](C)(C)C(C)(C)C)[C@H](C)C(=O)C[C@@H](O)[C@H](C)[C@H](OCc1ccc(OC)cc1)C(C)C. The van der Waals surface area contributed by atoms with Crippen LogP contribution in [0.2, 0.25) is 18.1 Å². The Bertz CT molecular complexity index is 974. The first-order valence-electron chi connectivity index (χ1n) is 15.8. The van der Waals surface area contributed by atoms with Gasteiger partial charge in [-0.25, -0.2) is 0 Å². The van der Waals surface area contributed by atoms with Crippen LogP contribution in [0.5, 0.6) is 5.75 Å². The monoisotopic (exact) mass is 638 g/mol. The summed E-state index contributed by atoms with van der Waals surface area (Å²) in [5.41, 5.74) is 1.02. The van der Waals surface area contributed by atoms with Gasteiger partial charge in [-0.15, -0.1) is 6.58 Å². The number of aliphatic hydroxyl groups excluding tert-OH is 1. The molecule has 0 amide bonds. The number of hydrogen-bond donors (Lipinski definition) is 1. The van der Waals surface area contributed by atoms with E-state index in [1.54, 1.807) is 27.4 Å². The number of ether oxygens (including phenoxy) is 5. The summed E-state index contributed by atoms with van der Waals surface area (Å²) in [6.45, 7) is 25.3. The number of ketones is 1. The summed E-state index contributed by atoms with van der Waals surface area (Å²) in [7, 11) is 2.51. The van der Waals surface area contributed by atoms with Crippen molar-refractivity contribution in [3.8, 4) is 5.75 Å². The molecular formula is C35H62O8Si. The zero-order valence-electron chi connectivity index (χ0n) is 29.7. The summed E-state index contributed by atoms with van der Waals surface area (Å²) in [5.74, 6) is -0.145. The molecule has 1 rings (SSSR count). The second-order valence-electron chi connectivity index (χ2n) is 13.9. The Hall–Kier alpha value is -1.59. The Kier molecular flexibility index (Phi) is 17.0. The number of aliphatic hydroxyl groups is 1. The summed E-state index contributed by atoms with van der Waals surface area (Å²) in [6, 6.07) is 7.74. The highest BCUT2D eigenvalue weighted by Crippen LogP contribution is 2.40. The number of methoxy groups -OCH3 is 3. The van der Waals surface area contributed by atoms with E-state index in [4.69, 9.17) is 28.1 Å². The topological polar surface area (TPSA) is 92.7 Å². The second-order valence-corrected chi connectivity index (χ2v) is 18.7. The van der Waals surface area contributed by atoms with Gasteiger partial charge in [-0.05, 0) is 41.7 Å². The summed E-state index contributed by atoms with van der Waals surface area (Å²) >= 11 is 0. The van der Waals surface area contributed by atoms with Crippen LogP contribution in [0.25, 0.3) is 0 Å². The lowest BCUT2D eigenvalue weighted by Crippen LogP contribution is -2.52. The molecule has 254 valence electrons. The van der Waals surface area contributed by atoms with Crippen LogP contribution in [0.15, 0.2) is 36.9 Å². The minimum Gasteiger partial charge on any atom is -0.497 e. The van der Waals surface area contributed by atoms with E-state index in [0.717, 1.165) is 11.3 Å². The standard InChI is InChI=1S/C35H62O8Si/c1-15-31(40-12)34(42-22-38-10)26(6)33(43-44(13,14)35(7,8)9)25(5)30(37)20-29(36)24(4)32(23(2)3)41-21-27-16-18-28(39-11)19-17-27/h15-19,23-26,29,31-34,36H,1,20-22H2,2-14H3/t24-,25+,26-,29+,31-,32+,33-,34+/m0/s1. The lowest BCUT2D eigenvalue weighted by Gasteiger charge is -2.44. The molecular weight excluding hydrogens is 576 g/mol. The average molecular weight is 639 g/mol. The number of Topliss-reactive ketones (excluding diaryl/α,β-unsaturated/α-hetero) is 1. The van der Waals surface area contributed by atoms with Crippen molar-refractivity contribution in [2.75, 3.05) is 28.1 Å². The largest absolute Gasteiger partial charge is 0.497 e. The van der Waals surface area contributed by atoms with Crippen LogP contribution < -0.4 is 4.74 Å². The summed E-state index contributed by atoms with van der Waals surface area (Å²) in [5, 5.41) is 11.3. The van der Waals surface area contributed by atoms with Crippen molar-refractivity contribution in [2.45, 2.75) is 117 Å². The van der Waals surface area contributed by atoms with Gasteiger partial charge in [0, 0.05) is 38.4 Å². The van der Waals surface area contributed by atoms with Crippen molar-refractivity contribution < 1.29 is 38.0 Å². The minimum absolute atomic E-state index is 0.000288. The van der Waals surface area contributed by atoms with Crippen LogP contribution in [-0.2, 0) is 34.8 Å². The van der Waals surface area contributed by atoms with Crippen molar-refractivity contribution in [3.63, 3.8) is 0 Å². The number of benzene rings is 1. The van der Waals surface area contributed by atoms with Gasteiger partial charge >= 0.3 is 0 Å². The molecule has 8 nitrogen and oxygen atoms in total. The van der Waals surface area contributed by atoms with Crippen molar-refractivity contribution in [2.24, 2.45) is 23.7 Å². The van der Waals surface area contributed by atoms with E-state index in [-0.39, 0.29) is 47.9 Å². The highest BCUT2D eigenvalue weighted by atomic mass is 28.4. The molecule has 1 aromatic carbocycles. The molecule has 0 aliphatic rings. The zero-order chi connectivity index (χ0) is 33.8. The fourth-order valence-electron chi connectivity index (χ4n) is 5.27. The molecule has 0 fully saturated rings. The molecule has 0 unspecified atom stereocenters. The molecule has 1 N–H and O–H groups in total. The van der Waals surface area contributed by atoms with Crippen LogP contribution in [0.1, 0.15) is 67.4 Å². The molecule has 8 atom stereocenters. The first-order valence-corrected chi connectivity index (χ1v) is 18.7. The van der Waals surface area contributed by atoms with Crippen LogP contribution in [0, 0.1) is 23.7 Å². The quantitative estimate of drug-likeness (QED) is 0.0871. The zero-order valence-corrected chi connectivity index (χ0v) is 30.7. The van der Waals surface area contributed by atoms with Gasteiger partial charge in [0.05, 0.1) is 38.1 Å². The fraction of sp³-hybridized carbons (Fsp3) is 0.743. The molecule has 0 aliphatic heterocycles. The van der Waals surface area contributed by atoms with E-state index in [2.05, 4.69) is 54.3 Å². The Morgan fingerprint density at radius 1 is 0.932 bits per heavy atom. The normalized spacial score (nSPS) is 18.2. The van der Waals surface area contributed by atoms with Gasteiger partial charge in [0.15, 0.2) is 8.32 Å². The third-order valence-electron chi connectivity index (χ3n) is 9.27. The molecule has 0 saturated heterocycles. The minimum atomic E-state index is -2.31. The third kappa shape index (κ3) is 11.6. The van der Waals surface area contributed by atoms with E-state index >= 15 is 0 Å². The van der Waals surface area contributed by atoms with Gasteiger partial charge in [-0.3, -0.25) is 4.79 Å². The molecule has 44 heavy (non-hydrogen) atoms. The summed E-state index contributed by atoms with van der Waals surface area (Å²) < 4.78 is 35.5. The third-order valence-corrected chi connectivity index (χ3v) is 13.7. The maximum atomic E-state index is 13.9. The molecule has 0 radical (unpaired) electrons. The van der Waals surface area contributed by atoms with E-state index in [0.29, 0.717) is 6.61 Å². The lowest BCUT2D eigenvalue weighted by molar-refractivity contribution is -0.150. The highest BCUT2D eigenvalue weighted by molar-refractivity contribution is 6.74. The lowest BCUT2D eigenvalue weighted by atomic mass is 9.81. The molecule has 1 aromatic rings. The van der Waals surface area contributed by atoms with Gasteiger partial charge in [0.1, 0.15) is 24.4 Å². The highest BCUT2D eigenvalue weighted by Gasteiger charge is 2.45. The molecule has 9 heteroatoms. The van der Waals surface area contributed by atoms with Gasteiger partial charge < -0.3 is 33.2 Å². The first-order chi connectivity index (χ1) is 20.4. The molecule has 0 bridgehead atoms. The smallest absolute Gasteiger partial charge is 0.192 e. The van der Waals surface area contributed by atoms with E-state index in [1.165, 1.54) is 0 Å². The maximum Gasteiger partial charge on any atom is 0.192 e. The van der Waals surface area contributed by atoms with Crippen molar-refractivity contribution in [3.05, 3.63) is 42.5 Å². The number of carbonyl (C=O) groups excluding carboxylic acids is 1. The number of hydrogen-bond acceptors (Lipinski definition) is 8. The summed E-state index contributed by atoms with van der Waals surface area (Å²) in [6.07, 6.45) is -0.766. The van der Waals surface area contributed by atoms with Gasteiger partial charge in [-0.1, -0.05) is 73.6 Å². The number of carbonyl (C=O) groups is 1. The van der Waals surface area contributed by atoms with E-state index < -0.39 is 38.7 Å².